The van der Waals surface area contributed by atoms with E-state index in [4.69, 9.17) is 21.1 Å². The van der Waals surface area contributed by atoms with E-state index >= 15 is 0 Å². The molecule has 1 aliphatic rings. The van der Waals surface area contributed by atoms with Gasteiger partial charge in [-0.05, 0) is 67.6 Å². The lowest BCUT2D eigenvalue weighted by Gasteiger charge is -2.34. The van der Waals surface area contributed by atoms with Crippen LogP contribution in [0.3, 0.4) is 0 Å². The Balaban J connectivity index is 1.41. The molecule has 1 aromatic heterocycles. The third-order valence-electron chi connectivity index (χ3n) is 6.33. The van der Waals surface area contributed by atoms with Crippen molar-refractivity contribution in [3.8, 4) is 17.7 Å². The van der Waals surface area contributed by atoms with Gasteiger partial charge < -0.3 is 24.8 Å². The number of piperidine rings is 1. The van der Waals surface area contributed by atoms with Crippen molar-refractivity contribution in [2.45, 2.75) is 38.8 Å². The van der Waals surface area contributed by atoms with Crippen LogP contribution in [0, 0.1) is 25.2 Å². The van der Waals surface area contributed by atoms with Crippen LogP contribution in [0.4, 0.5) is 11.6 Å². The number of aryl methyl sites for hydroxylation is 2. The first-order valence-corrected chi connectivity index (χ1v) is 12.3. The fourth-order valence-corrected chi connectivity index (χ4v) is 4.62. The topological polar surface area (TPSA) is 121 Å². The van der Waals surface area contributed by atoms with Gasteiger partial charge in [0.05, 0.1) is 17.8 Å². The van der Waals surface area contributed by atoms with Gasteiger partial charge in [0.1, 0.15) is 10.8 Å². The number of nitriles is 1. The maximum absolute atomic E-state index is 11.5. The molecule has 2 N–H and O–H groups in total. The number of aromatic nitrogens is 2. The van der Waals surface area contributed by atoms with Gasteiger partial charge in [0.25, 0.3) is 0 Å². The zero-order valence-corrected chi connectivity index (χ0v) is 21.6. The fraction of sp³-hybridized carbons (Fsp3) is 0.333. The highest BCUT2D eigenvalue weighted by Crippen LogP contribution is 2.33. The van der Waals surface area contributed by atoms with Crippen LogP contribution >= 0.6 is 11.6 Å². The van der Waals surface area contributed by atoms with E-state index in [0.717, 1.165) is 42.7 Å². The average Bonchev–Trinajstić information content (AvgIpc) is 2.88. The van der Waals surface area contributed by atoms with Crippen molar-refractivity contribution in [1.82, 2.24) is 9.97 Å². The van der Waals surface area contributed by atoms with Gasteiger partial charge in [0.2, 0.25) is 11.8 Å². The smallest absolute Gasteiger partial charge is 0.337 e. The number of benzene rings is 2. The highest BCUT2D eigenvalue weighted by atomic mass is 35.5. The van der Waals surface area contributed by atoms with Crippen molar-refractivity contribution in [3.63, 3.8) is 0 Å². The van der Waals surface area contributed by atoms with Crippen molar-refractivity contribution in [2.24, 2.45) is 0 Å². The van der Waals surface area contributed by atoms with Crippen LogP contribution in [0.15, 0.2) is 42.6 Å². The van der Waals surface area contributed by atoms with Crippen LogP contribution in [0.25, 0.3) is 0 Å². The van der Waals surface area contributed by atoms with E-state index in [2.05, 4.69) is 26.3 Å². The first kappa shape index (κ1) is 26.2. The molecule has 2 aromatic carbocycles. The summed E-state index contributed by atoms with van der Waals surface area (Å²) < 4.78 is 11.2. The number of hydrogen-bond donors (Lipinski definition) is 2. The van der Waals surface area contributed by atoms with Gasteiger partial charge in [-0.3, -0.25) is 0 Å². The van der Waals surface area contributed by atoms with Crippen LogP contribution in [-0.2, 0) is 9.53 Å². The lowest BCUT2D eigenvalue weighted by Crippen LogP contribution is -2.39. The zero-order valence-electron chi connectivity index (χ0n) is 20.9. The summed E-state index contributed by atoms with van der Waals surface area (Å²) in [6.45, 7) is 5.31. The number of carbonyl (C=O) groups is 1. The molecule has 4 rings (SSSR count). The molecule has 3 aromatic rings. The maximum atomic E-state index is 11.5. The normalized spacial score (nSPS) is 14.6. The van der Waals surface area contributed by atoms with Crippen LogP contribution in [0.5, 0.6) is 11.6 Å². The summed E-state index contributed by atoms with van der Waals surface area (Å²) >= 11 is 6.32. The number of hydrogen-bond acceptors (Lipinski definition) is 8. The zero-order chi connectivity index (χ0) is 26.5. The van der Waals surface area contributed by atoms with E-state index in [1.807, 2.05) is 32.0 Å². The number of ether oxygens (including phenoxy) is 2. The van der Waals surface area contributed by atoms with Gasteiger partial charge >= 0.3 is 5.97 Å². The predicted octanol–water partition coefficient (Wildman–Crippen LogP) is 5.26. The van der Waals surface area contributed by atoms with Gasteiger partial charge in [-0.25, -0.2) is 9.78 Å². The number of anilines is 2. The summed E-state index contributed by atoms with van der Waals surface area (Å²) in [4.78, 5) is 22.5. The van der Waals surface area contributed by atoms with Crippen molar-refractivity contribution in [3.05, 3.63) is 69.9 Å². The first-order chi connectivity index (χ1) is 17.8. The predicted molar refractivity (Wildman–Crippen MR) is 140 cm³/mol. The lowest BCUT2D eigenvalue weighted by molar-refractivity contribution is -0.148. The van der Waals surface area contributed by atoms with Crippen molar-refractivity contribution < 1.29 is 19.4 Å². The minimum atomic E-state index is -1.02. The Labute approximate surface area is 220 Å². The SMILES string of the molecule is COC(C(=O)O)c1cccc(N2CCC(Nc3ncc(Cl)c(Oc4c(C)cc(C#N)cc4C)n3)CC2)c1. The molecule has 0 bridgehead atoms. The Hall–Kier alpha value is -3.87. The summed E-state index contributed by atoms with van der Waals surface area (Å²) in [7, 11) is 1.39. The summed E-state index contributed by atoms with van der Waals surface area (Å²) in [6.07, 6.45) is 2.20. The fourth-order valence-electron chi connectivity index (χ4n) is 4.49. The summed E-state index contributed by atoms with van der Waals surface area (Å²) in [6, 6.07) is 13.3. The minimum absolute atomic E-state index is 0.151. The standard InChI is InChI=1S/C27H28ClN5O4/c1-16-11-18(14-29)12-17(2)23(16)37-25-22(28)15-30-27(32-25)31-20-7-9-33(10-8-20)21-6-4-5-19(13-21)24(36-3)26(34)35/h4-6,11-13,15,20,24H,7-10H2,1-3H3,(H,34,35)(H,30,31,32). The van der Waals surface area contributed by atoms with E-state index in [1.165, 1.54) is 13.3 Å². The molecule has 2 heterocycles. The molecule has 37 heavy (non-hydrogen) atoms. The van der Waals surface area contributed by atoms with Crippen molar-refractivity contribution in [1.29, 1.82) is 5.26 Å². The molecular formula is C27H28ClN5O4. The number of carboxylic acid groups (broad SMARTS) is 1. The molecule has 1 aliphatic heterocycles. The molecule has 10 heteroatoms. The number of rotatable bonds is 8. The van der Waals surface area contributed by atoms with E-state index in [1.54, 1.807) is 18.2 Å². The van der Waals surface area contributed by atoms with E-state index in [-0.39, 0.29) is 11.9 Å². The Bertz CT molecular complexity index is 1310. The second-order valence-electron chi connectivity index (χ2n) is 8.95. The number of carboxylic acids is 1. The van der Waals surface area contributed by atoms with Crippen LogP contribution < -0.4 is 15.0 Å². The Morgan fingerprint density at radius 3 is 2.57 bits per heavy atom. The largest absolute Gasteiger partial charge is 0.479 e. The van der Waals surface area contributed by atoms with Gasteiger partial charge in [-0.1, -0.05) is 23.7 Å². The van der Waals surface area contributed by atoms with Gasteiger partial charge in [-0.15, -0.1) is 0 Å². The van der Waals surface area contributed by atoms with E-state index in [9.17, 15) is 15.2 Å². The Kier molecular flexibility index (Phi) is 8.11. The van der Waals surface area contributed by atoms with Crippen molar-refractivity contribution >= 4 is 29.2 Å². The molecule has 1 atom stereocenters. The van der Waals surface area contributed by atoms with Crippen molar-refractivity contribution in [2.75, 3.05) is 30.4 Å². The van der Waals surface area contributed by atoms with Crippen LogP contribution in [0.1, 0.15) is 41.2 Å². The number of halogens is 1. The van der Waals surface area contributed by atoms with E-state index < -0.39 is 12.1 Å². The molecule has 1 fully saturated rings. The molecule has 1 saturated heterocycles. The monoisotopic (exact) mass is 521 g/mol. The van der Waals surface area contributed by atoms with Crippen LogP contribution in [0.2, 0.25) is 5.02 Å². The molecule has 0 saturated carbocycles. The minimum Gasteiger partial charge on any atom is -0.479 e. The quantitative estimate of drug-likeness (QED) is 0.408. The number of nitrogens with one attached hydrogen (secondary N) is 1. The molecule has 0 amide bonds. The number of aliphatic carboxylic acids is 1. The maximum Gasteiger partial charge on any atom is 0.337 e. The second kappa shape index (κ2) is 11.5. The molecular weight excluding hydrogens is 494 g/mol. The third-order valence-corrected chi connectivity index (χ3v) is 6.59. The molecule has 1 unspecified atom stereocenters. The molecule has 0 aliphatic carbocycles. The number of methoxy groups -OCH3 is 1. The molecule has 0 spiro atoms. The molecule has 192 valence electrons. The summed E-state index contributed by atoms with van der Waals surface area (Å²) in [5.74, 6) is 0.265. The molecule has 0 radical (unpaired) electrons. The third kappa shape index (κ3) is 6.10. The van der Waals surface area contributed by atoms with E-state index in [0.29, 0.717) is 27.8 Å². The number of nitrogens with zero attached hydrogens (tertiary/aromatic N) is 4. The van der Waals surface area contributed by atoms with Crippen LogP contribution in [-0.4, -0.2) is 47.3 Å². The lowest BCUT2D eigenvalue weighted by atomic mass is 10.0. The van der Waals surface area contributed by atoms with Gasteiger partial charge in [0, 0.05) is 31.9 Å². The molecule has 9 nitrogen and oxygen atoms in total. The average molecular weight is 522 g/mol. The van der Waals surface area contributed by atoms with Gasteiger partial charge in [0.15, 0.2) is 6.10 Å². The Morgan fingerprint density at radius 2 is 1.95 bits per heavy atom. The highest BCUT2D eigenvalue weighted by molar-refractivity contribution is 6.31. The first-order valence-electron chi connectivity index (χ1n) is 11.9. The Morgan fingerprint density at radius 1 is 1.24 bits per heavy atom. The summed E-state index contributed by atoms with van der Waals surface area (Å²) in [5.41, 5.74) is 3.78. The van der Waals surface area contributed by atoms with Gasteiger partial charge in [-0.2, -0.15) is 10.2 Å². The summed E-state index contributed by atoms with van der Waals surface area (Å²) in [5, 5.41) is 22.2. The highest BCUT2D eigenvalue weighted by Gasteiger charge is 2.23. The second-order valence-corrected chi connectivity index (χ2v) is 9.36.